The Morgan fingerprint density at radius 1 is 1.29 bits per heavy atom. The summed E-state index contributed by atoms with van der Waals surface area (Å²) in [4.78, 5) is 12.2. The van der Waals surface area contributed by atoms with Crippen molar-refractivity contribution in [2.24, 2.45) is 5.92 Å². The van der Waals surface area contributed by atoms with E-state index in [0.717, 1.165) is 10.7 Å². The number of rotatable bonds is 4. The molecule has 8 heteroatoms. The molecule has 0 bridgehead atoms. The van der Waals surface area contributed by atoms with Crippen LogP contribution in [0.3, 0.4) is 0 Å². The molecule has 1 aromatic carbocycles. The van der Waals surface area contributed by atoms with E-state index < -0.39 is 29.5 Å². The predicted octanol–water partition coefficient (Wildman–Crippen LogP) is 3.93. The van der Waals surface area contributed by atoms with Crippen LogP contribution in [0.2, 0.25) is 0 Å². The number of carbonyl (C=O) groups excluding carboxylic acids is 1. The van der Waals surface area contributed by atoms with Gasteiger partial charge in [0, 0.05) is 11.4 Å². The smallest absolute Gasteiger partial charge is 0.325 e. The van der Waals surface area contributed by atoms with E-state index in [2.05, 4.69) is 10.4 Å². The number of benzene rings is 1. The van der Waals surface area contributed by atoms with Crippen molar-refractivity contribution in [1.82, 2.24) is 9.78 Å². The van der Waals surface area contributed by atoms with Crippen molar-refractivity contribution in [3.8, 4) is 0 Å². The summed E-state index contributed by atoms with van der Waals surface area (Å²) in [5, 5.41) is 6.08. The fraction of sp³-hybridized carbons (Fsp3) is 0.375. The molecule has 1 N–H and O–H groups in total. The molecule has 0 unspecified atom stereocenters. The quantitative estimate of drug-likeness (QED) is 0.855. The van der Waals surface area contributed by atoms with Crippen LogP contribution in [0, 0.1) is 25.6 Å². The molecule has 0 spiro atoms. The largest absolute Gasteiger partial charge is 0.435 e. The van der Waals surface area contributed by atoms with Crippen molar-refractivity contribution in [1.29, 1.82) is 0 Å². The van der Waals surface area contributed by atoms with Crippen LogP contribution in [0.25, 0.3) is 0 Å². The zero-order valence-corrected chi connectivity index (χ0v) is 13.4. The minimum Gasteiger partial charge on any atom is -0.325 e. The Hall–Kier alpha value is -2.38. The van der Waals surface area contributed by atoms with E-state index in [4.69, 9.17) is 0 Å². The molecule has 24 heavy (non-hydrogen) atoms. The monoisotopic (exact) mass is 343 g/mol. The number of amides is 1. The van der Waals surface area contributed by atoms with E-state index in [1.54, 1.807) is 13.8 Å². The number of anilines is 1. The van der Waals surface area contributed by atoms with Crippen LogP contribution in [-0.4, -0.2) is 15.7 Å². The second-order valence-corrected chi connectivity index (χ2v) is 5.70. The van der Waals surface area contributed by atoms with E-state index >= 15 is 0 Å². The second-order valence-electron chi connectivity index (χ2n) is 5.70. The van der Waals surface area contributed by atoms with Gasteiger partial charge in [0.1, 0.15) is 5.82 Å². The van der Waals surface area contributed by atoms with Crippen LogP contribution in [-0.2, 0) is 17.5 Å². The number of hydrogen-bond donors (Lipinski definition) is 1. The molecule has 2 aromatic rings. The van der Waals surface area contributed by atoms with Crippen LogP contribution in [0.5, 0.6) is 0 Å². The standard InChI is InChI=1S/C16H17F4N3O/c1-9-4-5-12(17)7-13(9)21-15(24)10(2)8-23-11(3)6-14(22-23)16(18,19)20/h4-7,10H,8H2,1-3H3,(H,21,24)/t10-/m0/s1. The Bertz CT molecular complexity index is 752. The van der Waals surface area contributed by atoms with E-state index in [1.165, 1.54) is 25.1 Å². The molecular formula is C16H17F4N3O. The third-order valence-electron chi connectivity index (χ3n) is 3.62. The molecule has 130 valence electrons. The zero-order valence-electron chi connectivity index (χ0n) is 13.4. The molecule has 1 atom stereocenters. The zero-order chi connectivity index (χ0) is 18.1. The molecule has 0 aliphatic rings. The number of aryl methyl sites for hydroxylation is 2. The lowest BCUT2D eigenvalue weighted by molar-refractivity contribution is -0.141. The van der Waals surface area contributed by atoms with Crippen LogP contribution < -0.4 is 5.32 Å². The molecule has 1 heterocycles. The Morgan fingerprint density at radius 2 is 1.96 bits per heavy atom. The van der Waals surface area contributed by atoms with Gasteiger partial charge in [-0.3, -0.25) is 9.48 Å². The van der Waals surface area contributed by atoms with Crippen molar-refractivity contribution < 1.29 is 22.4 Å². The summed E-state index contributed by atoms with van der Waals surface area (Å²) in [6.07, 6.45) is -4.53. The number of nitrogens with one attached hydrogen (secondary N) is 1. The number of carbonyl (C=O) groups is 1. The SMILES string of the molecule is Cc1ccc(F)cc1NC(=O)[C@@H](C)Cn1nc(C(F)(F)F)cc1C. The van der Waals surface area contributed by atoms with Crippen molar-refractivity contribution in [3.63, 3.8) is 0 Å². The second kappa shape index (κ2) is 6.62. The number of alkyl halides is 3. The Morgan fingerprint density at radius 3 is 2.54 bits per heavy atom. The molecule has 2 rings (SSSR count). The Kier molecular flexibility index (Phi) is 4.96. The van der Waals surface area contributed by atoms with Gasteiger partial charge in [0.2, 0.25) is 5.91 Å². The highest BCUT2D eigenvalue weighted by Crippen LogP contribution is 2.28. The number of nitrogens with zero attached hydrogens (tertiary/aromatic N) is 2. The molecule has 0 fully saturated rings. The predicted molar refractivity (Wildman–Crippen MR) is 80.9 cm³/mol. The van der Waals surface area contributed by atoms with Gasteiger partial charge in [0.25, 0.3) is 0 Å². The van der Waals surface area contributed by atoms with Gasteiger partial charge in [-0.1, -0.05) is 13.0 Å². The minimum absolute atomic E-state index is 0.0118. The Labute approximate surface area is 136 Å². The molecular weight excluding hydrogens is 326 g/mol. The van der Waals surface area contributed by atoms with E-state index in [9.17, 15) is 22.4 Å². The normalized spacial score (nSPS) is 13.0. The summed E-state index contributed by atoms with van der Waals surface area (Å²) in [5.74, 6) is -1.55. The first-order chi connectivity index (χ1) is 11.1. The first-order valence-electron chi connectivity index (χ1n) is 7.26. The van der Waals surface area contributed by atoms with Gasteiger partial charge >= 0.3 is 6.18 Å². The highest BCUT2D eigenvalue weighted by Gasteiger charge is 2.34. The average Bonchev–Trinajstić information content (AvgIpc) is 2.84. The molecule has 0 saturated carbocycles. The number of aromatic nitrogens is 2. The lowest BCUT2D eigenvalue weighted by Gasteiger charge is -2.15. The first-order valence-corrected chi connectivity index (χ1v) is 7.26. The molecule has 0 aliphatic carbocycles. The van der Waals surface area contributed by atoms with Crippen LogP contribution >= 0.6 is 0 Å². The van der Waals surface area contributed by atoms with Crippen molar-refractivity contribution in [2.75, 3.05) is 5.32 Å². The third kappa shape index (κ3) is 4.12. The average molecular weight is 343 g/mol. The highest BCUT2D eigenvalue weighted by atomic mass is 19.4. The van der Waals surface area contributed by atoms with Crippen molar-refractivity contribution in [2.45, 2.75) is 33.5 Å². The molecule has 1 amide bonds. The summed E-state index contributed by atoms with van der Waals surface area (Å²) >= 11 is 0. The lowest BCUT2D eigenvalue weighted by atomic mass is 10.1. The van der Waals surface area contributed by atoms with E-state index in [-0.39, 0.29) is 6.54 Å². The molecule has 0 saturated heterocycles. The van der Waals surface area contributed by atoms with Gasteiger partial charge in [0.05, 0.1) is 12.5 Å². The van der Waals surface area contributed by atoms with Gasteiger partial charge < -0.3 is 5.32 Å². The summed E-state index contributed by atoms with van der Waals surface area (Å²) in [6.45, 7) is 4.76. The first kappa shape index (κ1) is 18.0. The fourth-order valence-corrected chi connectivity index (χ4v) is 2.16. The molecule has 1 aromatic heterocycles. The van der Waals surface area contributed by atoms with Crippen LogP contribution in [0.15, 0.2) is 24.3 Å². The number of halogens is 4. The van der Waals surface area contributed by atoms with Gasteiger partial charge in [-0.15, -0.1) is 0 Å². The topological polar surface area (TPSA) is 46.9 Å². The third-order valence-corrected chi connectivity index (χ3v) is 3.62. The van der Waals surface area contributed by atoms with Gasteiger partial charge in [0.15, 0.2) is 5.69 Å². The summed E-state index contributed by atoms with van der Waals surface area (Å²) < 4.78 is 52.4. The lowest BCUT2D eigenvalue weighted by Crippen LogP contribution is -2.25. The van der Waals surface area contributed by atoms with Gasteiger partial charge in [-0.2, -0.15) is 18.3 Å². The van der Waals surface area contributed by atoms with Crippen LogP contribution in [0.4, 0.5) is 23.2 Å². The van der Waals surface area contributed by atoms with Gasteiger partial charge in [-0.25, -0.2) is 4.39 Å². The maximum atomic E-state index is 13.2. The molecule has 0 aliphatic heterocycles. The molecule has 0 radical (unpaired) electrons. The molecule has 4 nitrogen and oxygen atoms in total. The summed E-state index contributed by atoms with van der Waals surface area (Å²) in [5.41, 5.74) is 0.337. The summed E-state index contributed by atoms with van der Waals surface area (Å²) in [6, 6.07) is 4.94. The number of hydrogen-bond acceptors (Lipinski definition) is 2. The van der Waals surface area contributed by atoms with Crippen LogP contribution in [0.1, 0.15) is 23.9 Å². The fourth-order valence-electron chi connectivity index (χ4n) is 2.16. The summed E-state index contributed by atoms with van der Waals surface area (Å²) in [7, 11) is 0. The maximum absolute atomic E-state index is 13.2. The maximum Gasteiger partial charge on any atom is 0.435 e. The van der Waals surface area contributed by atoms with Gasteiger partial charge in [-0.05, 0) is 37.6 Å². The van der Waals surface area contributed by atoms with E-state index in [1.807, 2.05) is 0 Å². The van der Waals surface area contributed by atoms with Crippen molar-refractivity contribution in [3.05, 3.63) is 47.0 Å². The van der Waals surface area contributed by atoms with Crippen molar-refractivity contribution >= 4 is 11.6 Å². The highest BCUT2D eigenvalue weighted by molar-refractivity contribution is 5.92. The minimum atomic E-state index is -4.53. The Balaban J connectivity index is 2.09. The van der Waals surface area contributed by atoms with E-state index in [0.29, 0.717) is 16.9 Å².